The Hall–Kier alpha value is -3.82. The first-order valence-electron chi connectivity index (χ1n) is 13.3. The number of hydrogen-bond donors (Lipinski definition) is 2. The fourth-order valence-electron chi connectivity index (χ4n) is 4.50. The van der Waals surface area contributed by atoms with Gasteiger partial charge >= 0.3 is 0 Å². The summed E-state index contributed by atoms with van der Waals surface area (Å²) in [7, 11) is -3.60. The number of thiophene rings is 1. The molecule has 0 aliphatic carbocycles. The van der Waals surface area contributed by atoms with Crippen LogP contribution in [0.4, 0.5) is 10.1 Å². The van der Waals surface area contributed by atoms with Crippen molar-refractivity contribution in [3.8, 4) is 23.3 Å². The van der Waals surface area contributed by atoms with E-state index in [9.17, 15) is 13.2 Å². The van der Waals surface area contributed by atoms with Gasteiger partial charge in [0.05, 0.1) is 26.5 Å². The van der Waals surface area contributed by atoms with Crippen LogP contribution in [0.25, 0.3) is 10.2 Å². The first kappa shape index (κ1) is 28.7. The largest absolute Gasteiger partial charge is 0.453 e. The van der Waals surface area contributed by atoms with Gasteiger partial charge in [-0.05, 0) is 49.7 Å². The molecule has 2 N–H and O–H groups in total. The summed E-state index contributed by atoms with van der Waals surface area (Å²) < 4.78 is 48.8. The highest BCUT2D eigenvalue weighted by atomic mass is 32.2. The third-order valence-electron chi connectivity index (χ3n) is 6.68. The maximum Gasteiger partial charge on any atom is 0.243 e. The second kappa shape index (κ2) is 12.8. The average molecular weight is 593 g/mol. The molecule has 11 heteroatoms. The lowest BCUT2D eigenvalue weighted by Gasteiger charge is -2.30. The van der Waals surface area contributed by atoms with E-state index in [0.717, 1.165) is 16.1 Å². The van der Waals surface area contributed by atoms with Gasteiger partial charge in [-0.15, -0.1) is 11.3 Å². The van der Waals surface area contributed by atoms with E-state index in [1.54, 1.807) is 48.7 Å². The molecule has 1 aliphatic rings. The summed E-state index contributed by atoms with van der Waals surface area (Å²) in [6, 6.07) is 16.1. The number of rotatable bonds is 8. The van der Waals surface area contributed by atoms with E-state index in [1.165, 1.54) is 27.8 Å². The van der Waals surface area contributed by atoms with Gasteiger partial charge in [0.15, 0.2) is 11.6 Å². The Morgan fingerprint density at radius 2 is 1.90 bits per heavy atom. The zero-order valence-electron chi connectivity index (χ0n) is 22.4. The van der Waals surface area contributed by atoms with Crippen LogP contribution in [-0.4, -0.2) is 49.8 Å². The molecule has 0 radical (unpaired) electrons. The van der Waals surface area contributed by atoms with Gasteiger partial charge in [-0.1, -0.05) is 37.0 Å². The molecule has 5 rings (SSSR count). The summed E-state index contributed by atoms with van der Waals surface area (Å²) in [5, 5.41) is 5.91. The van der Waals surface area contributed by atoms with Gasteiger partial charge in [0.2, 0.25) is 15.9 Å². The van der Waals surface area contributed by atoms with Crippen LogP contribution in [0.2, 0.25) is 0 Å². The number of pyridine rings is 1. The van der Waals surface area contributed by atoms with E-state index in [2.05, 4.69) is 27.5 Å². The number of amides is 1. The molecule has 1 fully saturated rings. The maximum atomic E-state index is 15.0. The summed E-state index contributed by atoms with van der Waals surface area (Å²) in [5.41, 5.74) is 1.01. The Labute approximate surface area is 242 Å². The number of aromatic nitrogens is 1. The molecular formula is C30H29FN4O4S2. The first-order valence-corrected chi connectivity index (χ1v) is 15.5. The molecule has 0 unspecified atom stereocenters. The number of nitrogens with zero attached hydrogens (tertiary/aromatic N) is 2. The SMILES string of the molecule is CCNCC#Cc1cc2nccc(Oc3ccc(NC(=O)C4CCN(S(=O)(=O)c5ccccc5)CC4)cc3F)c2s1. The average Bonchev–Trinajstić information content (AvgIpc) is 3.41. The molecular weight excluding hydrogens is 563 g/mol. The third kappa shape index (κ3) is 6.74. The standard InChI is InChI=1S/C30H29FN4O4S2/c1-2-32-15-6-7-23-20-26-29(40-23)28(12-16-33-26)39-27-11-10-22(19-25(27)31)34-30(36)21-13-17-35(18-14-21)41(37,38)24-8-4-3-5-9-24/h3-5,8-12,16,19-21,32H,2,13-15,17-18H2,1H3,(H,34,36). The van der Waals surface area contributed by atoms with E-state index in [0.29, 0.717) is 36.3 Å². The quantitative estimate of drug-likeness (QED) is 0.215. The zero-order valence-corrected chi connectivity index (χ0v) is 24.0. The van der Waals surface area contributed by atoms with Gasteiger partial charge < -0.3 is 15.4 Å². The smallest absolute Gasteiger partial charge is 0.243 e. The Morgan fingerprint density at radius 1 is 1.12 bits per heavy atom. The van der Waals surface area contributed by atoms with Crippen LogP contribution in [-0.2, 0) is 14.8 Å². The summed E-state index contributed by atoms with van der Waals surface area (Å²) in [5.74, 6) is 5.37. The minimum Gasteiger partial charge on any atom is -0.453 e. The lowest BCUT2D eigenvalue weighted by molar-refractivity contribution is -0.120. The van der Waals surface area contributed by atoms with Crippen LogP contribution in [0.3, 0.4) is 0 Å². The monoisotopic (exact) mass is 592 g/mol. The predicted octanol–water partition coefficient (Wildman–Crippen LogP) is 5.23. The Bertz CT molecular complexity index is 1710. The fraction of sp³-hybridized carbons (Fsp3) is 0.267. The Morgan fingerprint density at radius 3 is 2.63 bits per heavy atom. The van der Waals surface area contributed by atoms with Crippen molar-refractivity contribution in [1.82, 2.24) is 14.6 Å². The molecule has 1 amide bonds. The number of halogens is 1. The second-order valence-corrected chi connectivity index (χ2v) is 12.4. The molecule has 1 saturated heterocycles. The Balaban J connectivity index is 1.21. The van der Waals surface area contributed by atoms with E-state index in [4.69, 9.17) is 4.74 Å². The van der Waals surface area contributed by atoms with E-state index < -0.39 is 15.8 Å². The molecule has 0 spiro atoms. The van der Waals surface area contributed by atoms with Crippen LogP contribution in [0, 0.1) is 23.6 Å². The summed E-state index contributed by atoms with van der Waals surface area (Å²) in [6.07, 6.45) is 2.35. The molecule has 212 valence electrons. The lowest BCUT2D eigenvalue weighted by atomic mass is 9.97. The van der Waals surface area contributed by atoms with Crippen molar-refractivity contribution >= 4 is 43.2 Å². The number of carbonyl (C=O) groups excluding carboxylic acids is 1. The van der Waals surface area contributed by atoms with Gasteiger partial charge in [0, 0.05) is 43.0 Å². The zero-order chi connectivity index (χ0) is 28.8. The third-order valence-corrected chi connectivity index (χ3v) is 9.64. The summed E-state index contributed by atoms with van der Waals surface area (Å²) in [4.78, 5) is 18.3. The van der Waals surface area contributed by atoms with Crippen LogP contribution >= 0.6 is 11.3 Å². The topological polar surface area (TPSA) is 101 Å². The van der Waals surface area contributed by atoms with E-state index in [-0.39, 0.29) is 35.6 Å². The molecule has 2 aromatic carbocycles. The summed E-state index contributed by atoms with van der Waals surface area (Å²) in [6.45, 7) is 3.92. The molecule has 0 bridgehead atoms. The van der Waals surface area contributed by atoms with Gasteiger partial charge in [-0.2, -0.15) is 4.31 Å². The highest BCUT2D eigenvalue weighted by molar-refractivity contribution is 7.89. The van der Waals surface area contributed by atoms with Crippen LogP contribution in [0.15, 0.2) is 71.8 Å². The Kier molecular flexibility index (Phi) is 8.95. The van der Waals surface area contributed by atoms with Crippen molar-refractivity contribution in [2.24, 2.45) is 5.92 Å². The van der Waals surface area contributed by atoms with Crippen molar-refractivity contribution in [3.63, 3.8) is 0 Å². The van der Waals surface area contributed by atoms with Crippen molar-refractivity contribution in [2.45, 2.75) is 24.7 Å². The molecule has 2 aromatic heterocycles. The van der Waals surface area contributed by atoms with Crippen molar-refractivity contribution < 1.29 is 22.3 Å². The summed E-state index contributed by atoms with van der Waals surface area (Å²) >= 11 is 1.43. The molecule has 41 heavy (non-hydrogen) atoms. The minimum absolute atomic E-state index is 0.0168. The second-order valence-electron chi connectivity index (χ2n) is 9.44. The number of fused-ring (bicyclic) bond motifs is 1. The molecule has 3 heterocycles. The van der Waals surface area contributed by atoms with Crippen LogP contribution < -0.4 is 15.4 Å². The van der Waals surface area contributed by atoms with Gasteiger partial charge in [0.25, 0.3) is 0 Å². The van der Waals surface area contributed by atoms with Crippen molar-refractivity contribution in [1.29, 1.82) is 0 Å². The minimum atomic E-state index is -3.60. The molecule has 8 nitrogen and oxygen atoms in total. The van der Waals surface area contributed by atoms with Crippen molar-refractivity contribution in [2.75, 3.05) is 31.5 Å². The molecule has 4 aromatic rings. The van der Waals surface area contributed by atoms with Gasteiger partial charge in [-0.25, -0.2) is 12.8 Å². The van der Waals surface area contributed by atoms with Gasteiger partial charge in [-0.3, -0.25) is 9.78 Å². The number of ether oxygens (including phenoxy) is 1. The number of carbonyl (C=O) groups is 1. The number of sulfonamides is 1. The van der Waals surface area contributed by atoms with E-state index >= 15 is 4.39 Å². The van der Waals surface area contributed by atoms with E-state index in [1.807, 2.05) is 13.0 Å². The number of piperidine rings is 1. The number of benzene rings is 2. The number of anilines is 1. The number of hydrogen-bond acceptors (Lipinski definition) is 7. The maximum absolute atomic E-state index is 15.0. The first-order chi connectivity index (χ1) is 19.8. The molecule has 1 aliphatic heterocycles. The van der Waals surface area contributed by atoms with Crippen molar-refractivity contribution in [3.05, 3.63) is 77.6 Å². The normalized spacial score (nSPS) is 14.4. The fourth-order valence-corrected chi connectivity index (χ4v) is 6.93. The predicted molar refractivity (Wildman–Crippen MR) is 158 cm³/mol. The van der Waals surface area contributed by atoms with Crippen LogP contribution in [0.1, 0.15) is 24.6 Å². The van der Waals surface area contributed by atoms with Crippen LogP contribution in [0.5, 0.6) is 11.5 Å². The lowest BCUT2D eigenvalue weighted by Crippen LogP contribution is -2.41. The molecule has 0 atom stereocenters. The molecule has 0 saturated carbocycles. The van der Waals surface area contributed by atoms with Gasteiger partial charge in [0.1, 0.15) is 5.75 Å². The highest BCUT2D eigenvalue weighted by Crippen LogP contribution is 2.36. The highest BCUT2D eigenvalue weighted by Gasteiger charge is 2.32. The number of nitrogens with one attached hydrogen (secondary N) is 2.